The molecule has 0 bridgehead atoms. The molecule has 2 amide bonds. The second-order valence-electron chi connectivity index (χ2n) is 6.30. The molecule has 2 aromatic heterocycles. The molecule has 1 aliphatic rings. The largest absolute Gasteiger partial charge is 0.322 e. The summed E-state index contributed by atoms with van der Waals surface area (Å²) < 4.78 is 0. The highest BCUT2D eigenvalue weighted by Gasteiger charge is 2.23. The zero-order chi connectivity index (χ0) is 16.7. The van der Waals surface area contributed by atoms with Gasteiger partial charge in [0.15, 0.2) is 5.65 Å². The molecule has 6 heteroatoms. The lowest BCUT2D eigenvalue weighted by Crippen LogP contribution is -2.39. The summed E-state index contributed by atoms with van der Waals surface area (Å²) in [5.41, 5.74) is 6.35. The first kappa shape index (κ1) is 14.7. The van der Waals surface area contributed by atoms with E-state index >= 15 is 0 Å². The SMILES string of the molecule is Cc1ccc(NC(=O)N2CCc3c(cnc4[nH]ncc34)C2)cc1C. The summed E-state index contributed by atoms with van der Waals surface area (Å²) in [7, 11) is 0. The summed E-state index contributed by atoms with van der Waals surface area (Å²) in [6, 6.07) is 5.89. The van der Waals surface area contributed by atoms with E-state index in [9.17, 15) is 4.79 Å². The van der Waals surface area contributed by atoms with Crippen LogP contribution in [0.3, 0.4) is 0 Å². The van der Waals surface area contributed by atoms with Crippen molar-refractivity contribution in [2.24, 2.45) is 0 Å². The Bertz CT molecular complexity index is 930. The highest BCUT2D eigenvalue weighted by molar-refractivity contribution is 5.90. The Morgan fingerprint density at radius 3 is 2.96 bits per heavy atom. The normalized spacial score (nSPS) is 13.8. The number of fused-ring (bicyclic) bond motifs is 3. The zero-order valence-corrected chi connectivity index (χ0v) is 13.8. The van der Waals surface area contributed by atoms with Crippen molar-refractivity contribution in [2.75, 3.05) is 11.9 Å². The molecule has 122 valence electrons. The predicted octanol–water partition coefficient (Wildman–Crippen LogP) is 3.16. The van der Waals surface area contributed by atoms with Crippen molar-refractivity contribution in [3.63, 3.8) is 0 Å². The minimum atomic E-state index is -0.0730. The average molecular weight is 321 g/mol. The lowest BCUT2D eigenvalue weighted by atomic mass is 9.99. The fourth-order valence-corrected chi connectivity index (χ4v) is 3.15. The minimum Gasteiger partial charge on any atom is -0.320 e. The highest BCUT2D eigenvalue weighted by Crippen LogP contribution is 2.25. The van der Waals surface area contributed by atoms with Gasteiger partial charge in [-0.25, -0.2) is 9.78 Å². The first-order valence-corrected chi connectivity index (χ1v) is 8.05. The van der Waals surface area contributed by atoms with Gasteiger partial charge in [-0.3, -0.25) is 5.10 Å². The van der Waals surface area contributed by atoms with Crippen molar-refractivity contribution < 1.29 is 4.79 Å². The molecular formula is C18H19N5O. The van der Waals surface area contributed by atoms with Crippen molar-refractivity contribution in [3.8, 4) is 0 Å². The van der Waals surface area contributed by atoms with Crippen LogP contribution in [0.15, 0.2) is 30.6 Å². The Labute approximate surface area is 139 Å². The fraction of sp³-hybridized carbons (Fsp3) is 0.278. The van der Waals surface area contributed by atoms with Gasteiger partial charge in [0.25, 0.3) is 0 Å². The van der Waals surface area contributed by atoms with Gasteiger partial charge in [-0.2, -0.15) is 5.10 Å². The number of urea groups is 1. The lowest BCUT2D eigenvalue weighted by Gasteiger charge is -2.29. The lowest BCUT2D eigenvalue weighted by molar-refractivity contribution is 0.206. The molecular weight excluding hydrogens is 302 g/mol. The van der Waals surface area contributed by atoms with Crippen molar-refractivity contribution in [1.29, 1.82) is 0 Å². The third kappa shape index (κ3) is 2.50. The van der Waals surface area contributed by atoms with E-state index in [0.717, 1.165) is 28.7 Å². The molecule has 0 radical (unpaired) electrons. The topological polar surface area (TPSA) is 73.9 Å². The Kier molecular flexibility index (Phi) is 3.45. The van der Waals surface area contributed by atoms with E-state index in [1.807, 2.05) is 42.4 Å². The second kappa shape index (κ2) is 5.63. The molecule has 0 unspecified atom stereocenters. The number of rotatable bonds is 1. The van der Waals surface area contributed by atoms with E-state index in [-0.39, 0.29) is 6.03 Å². The Balaban J connectivity index is 1.53. The average Bonchev–Trinajstić information content (AvgIpc) is 3.06. The van der Waals surface area contributed by atoms with Crippen LogP contribution < -0.4 is 5.32 Å². The van der Waals surface area contributed by atoms with Crippen LogP contribution in [0.1, 0.15) is 22.3 Å². The highest BCUT2D eigenvalue weighted by atomic mass is 16.2. The summed E-state index contributed by atoms with van der Waals surface area (Å²) in [4.78, 5) is 18.8. The monoisotopic (exact) mass is 321 g/mol. The van der Waals surface area contributed by atoms with Gasteiger partial charge in [-0.1, -0.05) is 6.07 Å². The van der Waals surface area contributed by atoms with Gasteiger partial charge < -0.3 is 10.2 Å². The van der Waals surface area contributed by atoms with Gasteiger partial charge in [0, 0.05) is 30.4 Å². The summed E-state index contributed by atoms with van der Waals surface area (Å²) in [6.07, 6.45) is 4.46. The fourth-order valence-electron chi connectivity index (χ4n) is 3.15. The summed E-state index contributed by atoms with van der Waals surface area (Å²) in [5.74, 6) is 0. The molecule has 0 spiro atoms. The first-order valence-electron chi connectivity index (χ1n) is 8.05. The Hall–Kier alpha value is -2.89. The number of aromatic amines is 1. The Morgan fingerprint density at radius 1 is 1.25 bits per heavy atom. The number of carbonyl (C=O) groups excluding carboxylic acids is 1. The van der Waals surface area contributed by atoms with Crippen LogP contribution in [-0.4, -0.2) is 32.7 Å². The van der Waals surface area contributed by atoms with E-state index in [1.165, 1.54) is 16.7 Å². The maximum Gasteiger partial charge on any atom is 0.322 e. The van der Waals surface area contributed by atoms with Gasteiger partial charge in [0.05, 0.1) is 6.20 Å². The molecule has 6 nitrogen and oxygen atoms in total. The summed E-state index contributed by atoms with van der Waals surface area (Å²) in [6.45, 7) is 5.37. The third-order valence-corrected chi connectivity index (χ3v) is 4.72. The number of aryl methyl sites for hydroxylation is 2. The molecule has 0 aliphatic carbocycles. The predicted molar refractivity (Wildman–Crippen MR) is 92.9 cm³/mol. The van der Waals surface area contributed by atoms with Crippen LogP contribution in [0.25, 0.3) is 11.0 Å². The van der Waals surface area contributed by atoms with E-state index in [2.05, 4.69) is 27.4 Å². The molecule has 0 atom stereocenters. The smallest absolute Gasteiger partial charge is 0.320 e. The van der Waals surface area contributed by atoms with Crippen molar-refractivity contribution >= 4 is 22.8 Å². The number of pyridine rings is 1. The van der Waals surface area contributed by atoms with E-state index in [4.69, 9.17) is 0 Å². The quantitative estimate of drug-likeness (QED) is 0.723. The van der Waals surface area contributed by atoms with Crippen molar-refractivity contribution in [2.45, 2.75) is 26.8 Å². The number of nitrogens with zero attached hydrogens (tertiary/aromatic N) is 3. The number of aromatic nitrogens is 3. The number of amides is 2. The number of nitrogens with one attached hydrogen (secondary N) is 2. The van der Waals surface area contributed by atoms with Crippen LogP contribution in [0.2, 0.25) is 0 Å². The van der Waals surface area contributed by atoms with E-state index < -0.39 is 0 Å². The molecule has 0 saturated carbocycles. The van der Waals surface area contributed by atoms with Crippen LogP contribution in [0, 0.1) is 13.8 Å². The van der Waals surface area contributed by atoms with Gasteiger partial charge in [0.2, 0.25) is 0 Å². The maximum absolute atomic E-state index is 12.6. The van der Waals surface area contributed by atoms with Crippen LogP contribution in [0.5, 0.6) is 0 Å². The van der Waals surface area contributed by atoms with E-state index in [0.29, 0.717) is 13.1 Å². The molecule has 0 fully saturated rings. The summed E-state index contributed by atoms with van der Waals surface area (Å²) >= 11 is 0. The number of hydrogen-bond donors (Lipinski definition) is 2. The van der Waals surface area contributed by atoms with Crippen molar-refractivity contribution in [3.05, 3.63) is 52.8 Å². The summed E-state index contributed by atoms with van der Waals surface area (Å²) in [5, 5.41) is 11.0. The van der Waals surface area contributed by atoms with Gasteiger partial charge in [0.1, 0.15) is 0 Å². The number of anilines is 1. The number of benzene rings is 1. The molecule has 1 aromatic carbocycles. The molecule has 24 heavy (non-hydrogen) atoms. The van der Waals surface area contributed by atoms with E-state index in [1.54, 1.807) is 0 Å². The zero-order valence-electron chi connectivity index (χ0n) is 13.8. The third-order valence-electron chi connectivity index (χ3n) is 4.72. The van der Waals surface area contributed by atoms with Crippen LogP contribution in [-0.2, 0) is 13.0 Å². The maximum atomic E-state index is 12.6. The number of hydrogen-bond acceptors (Lipinski definition) is 3. The van der Waals surface area contributed by atoms with Gasteiger partial charge in [-0.15, -0.1) is 0 Å². The van der Waals surface area contributed by atoms with Crippen LogP contribution in [0.4, 0.5) is 10.5 Å². The molecule has 4 rings (SSSR count). The first-order chi connectivity index (χ1) is 11.6. The molecule has 0 saturated heterocycles. The van der Waals surface area contributed by atoms with Gasteiger partial charge in [-0.05, 0) is 54.7 Å². The molecule has 3 aromatic rings. The van der Waals surface area contributed by atoms with Crippen LogP contribution >= 0.6 is 0 Å². The number of carbonyl (C=O) groups is 1. The number of H-pyrrole nitrogens is 1. The molecule has 3 heterocycles. The molecule has 2 N–H and O–H groups in total. The minimum absolute atomic E-state index is 0.0730. The molecule has 1 aliphatic heterocycles. The second-order valence-corrected chi connectivity index (χ2v) is 6.30. The van der Waals surface area contributed by atoms with Crippen molar-refractivity contribution in [1.82, 2.24) is 20.1 Å². The standard InChI is InChI=1S/C18H19N5O/c1-11-3-4-14(7-12(11)2)21-18(24)23-6-5-15-13(10-23)8-19-17-16(15)9-20-22-17/h3-4,7-9H,5-6,10H2,1-2H3,(H,21,24)(H,19,20,22). The van der Waals surface area contributed by atoms with Gasteiger partial charge >= 0.3 is 6.03 Å². The Morgan fingerprint density at radius 2 is 2.12 bits per heavy atom.